The molecule has 7 nitrogen and oxygen atoms in total. The Bertz CT molecular complexity index is 1200. The van der Waals surface area contributed by atoms with Crippen LogP contribution in [0.3, 0.4) is 0 Å². The summed E-state index contributed by atoms with van der Waals surface area (Å²) in [6, 6.07) is 4.69. The van der Waals surface area contributed by atoms with Crippen LogP contribution in [0.15, 0.2) is 29.2 Å². The van der Waals surface area contributed by atoms with Gasteiger partial charge in [-0.1, -0.05) is 36.3 Å². The molecular formula is C19H21ClN4O3S2. The lowest BCUT2D eigenvalue weighted by Gasteiger charge is -2.00. The van der Waals surface area contributed by atoms with Crippen LogP contribution in [-0.2, 0) is 21.2 Å². The molecule has 154 valence electrons. The third-order valence-electron chi connectivity index (χ3n) is 4.25. The van der Waals surface area contributed by atoms with E-state index in [-0.39, 0.29) is 10.8 Å². The molecule has 0 atom stereocenters. The second-order valence-electron chi connectivity index (χ2n) is 6.61. The number of anilines is 1. The van der Waals surface area contributed by atoms with E-state index in [1.54, 1.807) is 22.9 Å². The first-order valence-electron chi connectivity index (χ1n) is 9.01. The van der Waals surface area contributed by atoms with Gasteiger partial charge in [0, 0.05) is 24.4 Å². The molecular weight excluding hydrogens is 432 g/mol. The number of aromatic nitrogens is 3. The molecule has 2 heterocycles. The van der Waals surface area contributed by atoms with Crippen molar-refractivity contribution >= 4 is 60.1 Å². The number of unbranched alkanes of at least 4 members (excludes halogenated alkanes) is 1. The van der Waals surface area contributed by atoms with Crippen LogP contribution >= 0.6 is 22.9 Å². The molecule has 1 aromatic carbocycles. The minimum absolute atomic E-state index is 0.219. The molecule has 0 saturated carbocycles. The smallest absolute Gasteiger partial charge is 0.250 e. The molecule has 1 amide bonds. The summed E-state index contributed by atoms with van der Waals surface area (Å²) in [7, 11) is -3.30. The monoisotopic (exact) mass is 452 g/mol. The number of halogens is 1. The zero-order valence-corrected chi connectivity index (χ0v) is 18.7. The van der Waals surface area contributed by atoms with Crippen LogP contribution in [-0.4, -0.2) is 35.3 Å². The Morgan fingerprint density at radius 1 is 1.38 bits per heavy atom. The Labute approximate surface area is 178 Å². The normalized spacial score (nSPS) is 12.1. The quantitative estimate of drug-likeness (QED) is 0.539. The Morgan fingerprint density at radius 2 is 2.14 bits per heavy atom. The molecule has 0 aliphatic carbocycles. The highest BCUT2D eigenvalue weighted by atomic mass is 35.5. The van der Waals surface area contributed by atoms with Gasteiger partial charge in [0.2, 0.25) is 5.91 Å². The van der Waals surface area contributed by atoms with Gasteiger partial charge in [-0.05, 0) is 37.6 Å². The largest absolute Gasteiger partial charge is 0.298 e. The van der Waals surface area contributed by atoms with Crippen molar-refractivity contribution in [1.82, 2.24) is 14.8 Å². The molecule has 3 aromatic rings. The molecule has 0 aliphatic heterocycles. The minimum Gasteiger partial charge on any atom is -0.298 e. The van der Waals surface area contributed by atoms with Gasteiger partial charge in [-0.3, -0.25) is 14.8 Å². The molecule has 29 heavy (non-hydrogen) atoms. The van der Waals surface area contributed by atoms with Crippen LogP contribution in [0.1, 0.15) is 31.0 Å². The van der Waals surface area contributed by atoms with Crippen LogP contribution in [0.25, 0.3) is 16.3 Å². The molecule has 2 aromatic heterocycles. The van der Waals surface area contributed by atoms with Crippen molar-refractivity contribution in [2.24, 2.45) is 0 Å². The van der Waals surface area contributed by atoms with Crippen molar-refractivity contribution in [1.29, 1.82) is 0 Å². The second-order valence-corrected chi connectivity index (χ2v) is 10.0. The molecule has 0 saturated heterocycles. The van der Waals surface area contributed by atoms with Gasteiger partial charge in [-0.25, -0.2) is 13.4 Å². The van der Waals surface area contributed by atoms with Crippen molar-refractivity contribution in [3.63, 3.8) is 0 Å². The fraction of sp³-hybridized carbons (Fsp3) is 0.316. The maximum atomic E-state index is 12.3. The van der Waals surface area contributed by atoms with Gasteiger partial charge >= 0.3 is 0 Å². The fourth-order valence-electron chi connectivity index (χ4n) is 2.71. The lowest BCUT2D eigenvalue weighted by atomic mass is 10.2. The highest BCUT2D eigenvalue weighted by molar-refractivity contribution is 7.90. The van der Waals surface area contributed by atoms with Gasteiger partial charge in [0.1, 0.15) is 5.15 Å². The Morgan fingerprint density at radius 3 is 2.83 bits per heavy atom. The first kappa shape index (κ1) is 21.5. The third-order valence-corrected chi connectivity index (χ3v) is 6.69. The van der Waals surface area contributed by atoms with E-state index in [0.29, 0.717) is 26.1 Å². The van der Waals surface area contributed by atoms with Gasteiger partial charge < -0.3 is 0 Å². The Kier molecular flexibility index (Phi) is 6.40. The number of amides is 1. The minimum atomic E-state index is -3.30. The number of carbonyl (C=O) groups excluding carboxylic acids is 1. The van der Waals surface area contributed by atoms with E-state index in [0.717, 1.165) is 31.3 Å². The molecule has 0 aliphatic rings. The van der Waals surface area contributed by atoms with E-state index in [4.69, 9.17) is 11.6 Å². The molecule has 10 heteroatoms. The summed E-state index contributed by atoms with van der Waals surface area (Å²) in [5, 5.41) is 8.01. The van der Waals surface area contributed by atoms with Gasteiger partial charge in [0.05, 0.1) is 20.8 Å². The first-order chi connectivity index (χ1) is 13.7. The number of benzene rings is 1. The number of nitrogens with one attached hydrogen (secondary N) is 1. The predicted octanol–water partition coefficient (Wildman–Crippen LogP) is 4.31. The van der Waals surface area contributed by atoms with E-state index in [2.05, 4.69) is 22.3 Å². The van der Waals surface area contributed by atoms with Crippen LogP contribution in [0, 0.1) is 6.92 Å². The topological polar surface area (TPSA) is 93.9 Å². The zero-order valence-electron chi connectivity index (χ0n) is 16.3. The van der Waals surface area contributed by atoms with Crippen molar-refractivity contribution in [3.05, 3.63) is 40.7 Å². The highest BCUT2D eigenvalue weighted by Crippen LogP contribution is 2.28. The molecule has 0 spiro atoms. The summed E-state index contributed by atoms with van der Waals surface area (Å²) in [4.78, 5) is 16.8. The first-order valence-corrected chi connectivity index (χ1v) is 12.1. The van der Waals surface area contributed by atoms with Crippen molar-refractivity contribution < 1.29 is 13.2 Å². The summed E-state index contributed by atoms with van der Waals surface area (Å²) in [5.74, 6) is -0.357. The van der Waals surface area contributed by atoms with E-state index in [9.17, 15) is 13.2 Å². The van der Waals surface area contributed by atoms with Crippen LogP contribution < -0.4 is 5.32 Å². The molecule has 0 radical (unpaired) electrons. The maximum Gasteiger partial charge on any atom is 0.250 e. The zero-order chi connectivity index (χ0) is 21.2. The van der Waals surface area contributed by atoms with Crippen molar-refractivity contribution in [3.8, 4) is 0 Å². The van der Waals surface area contributed by atoms with E-state index in [1.807, 2.05) is 6.92 Å². The predicted molar refractivity (Wildman–Crippen MR) is 117 cm³/mol. The van der Waals surface area contributed by atoms with Gasteiger partial charge in [-0.15, -0.1) is 0 Å². The van der Waals surface area contributed by atoms with Crippen molar-refractivity contribution in [2.45, 2.75) is 38.1 Å². The fourth-order valence-corrected chi connectivity index (χ4v) is 4.66. The maximum absolute atomic E-state index is 12.3. The number of fused-ring (bicyclic) bond motifs is 1. The summed E-state index contributed by atoms with van der Waals surface area (Å²) in [6.45, 7) is 4.68. The van der Waals surface area contributed by atoms with E-state index >= 15 is 0 Å². The molecule has 0 unspecified atom stereocenters. The van der Waals surface area contributed by atoms with Crippen molar-refractivity contribution in [2.75, 3.05) is 11.6 Å². The van der Waals surface area contributed by atoms with Gasteiger partial charge in [0.25, 0.3) is 0 Å². The average Bonchev–Trinajstić information content (AvgIpc) is 3.16. The van der Waals surface area contributed by atoms with Crippen LogP contribution in [0.2, 0.25) is 5.15 Å². The SMILES string of the molecule is CCCCn1nc(C)c(/C=C/C(=O)Nc2nc3ccc(S(C)(=O)=O)cc3s2)c1Cl. The standard InChI is InChI=1S/C19H21ClN4O3S2/c1-4-5-10-24-18(20)14(12(2)23-24)7-9-17(25)22-19-21-15-8-6-13(29(3,26)27)11-16(15)28-19/h6-9,11H,4-5,10H2,1-3H3,(H,21,22,25)/b9-7+. The number of thiazole rings is 1. The number of sulfone groups is 1. The number of hydrogen-bond donors (Lipinski definition) is 1. The summed E-state index contributed by atoms with van der Waals surface area (Å²) >= 11 is 7.59. The Balaban J connectivity index is 1.75. The number of aryl methyl sites for hydroxylation is 2. The van der Waals surface area contributed by atoms with E-state index in [1.165, 1.54) is 23.5 Å². The number of carbonyl (C=O) groups is 1. The molecule has 1 N–H and O–H groups in total. The number of nitrogens with zero attached hydrogens (tertiary/aromatic N) is 3. The third kappa shape index (κ3) is 5.04. The molecule has 3 rings (SSSR count). The second kappa shape index (κ2) is 8.64. The molecule has 0 fully saturated rings. The average molecular weight is 453 g/mol. The van der Waals surface area contributed by atoms with Gasteiger partial charge in [-0.2, -0.15) is 5.10 Å². The number of hydrogen-bond acceptors (Lipinski definition) is 6. The van der Waals surface area contributed by atoms with Crippen LogP contribution in [0.5, 0.6) is 0 Å². The van der Waals surface area contributed by atoms with Crippen LogP contribution in [0.4, 0.5) is 5.13 Å². The van der Waals surface area contributed by atoms with Gasteiger partial charge in [0.15, 0.2) is 15.0 Å². The summed E-state index contributed by atoms with van der Waals surface area (Å²) in [6.07, 6.45) is 6.19. The molecule has 0 bridgehead atoms. The lowest BCUT2D eigenvalue weighted by Crippen LogP contribution is -2.07. The summed E-state index contributed by atoms with van der Waals surface area (Å²) < 4.78 is 25.8. The Hall–Kier alpha value is -2.23. The summed E-state index contributed by atoms with van der Waals surface area (Å²) in [5.41, 5.74) is 2.08. The highest BCUT2D eigenvalue weighted by Gasteiger charge is 2.13. The lowest BCUT2D eigenvalue weighted by molar-refractivity contribution is -0.111. The van der Waals surface area contributed by atoms with E-state index < -0.39 is 9.84 Å². The number of rotatable bonds is 7.